The molecule has 0 heterocycles. The van der Waals surface area contributed by atoms with E-state index in [-0.39, 0.29) is 11.0 Å². The van der Waals surface area contributed by atoms with Crippen molar-refractivity contribution in [3.8, 4) is 0 Å². The lowest BCUT2D eigenvalue weighted by atomic mass is 9.83. The van der Waals surface area contributed by atoms with Crippen molar-refractivity contribution >= 4 is 5.97 Å². The Balaban J connectivity index is 2.38. The van der Waals surface area contributed by atoms with Crippen molar-refractivity contribution in [3.05, 3.63) is 70.8 Å². The van der Waals surface area contributed by atoms with E-state index in [9.17, 15) is 9.90 Å². The van der Waals surface area contributed by atoms with Gasteiger partial charge in [0.05, 0.1) is 5.56 Å². The van der Waals surface area contributed by atoms with E-state index in [2.05, 4.69) is 65.8 Å². The molecule has 0 aliphatic rings. The lowest BCUT2D eigenvalue weighted by Crippen LogP contribution is -2.29. The largest absolute Gasteiger partial charge is 0.478 e. The summed E-state index contributed by atoms with van der Waals surface area (Å²) < 4.78 is 6.45. The molecule has 2 atom stereocenters. The molecule has 0 spiro atoms. The highest BCUT2D eigenvalue weighted by Gasteiger charge is 2.30. The molecule has 3 heteroatoms. The Bertz CT molecular complexity index is 769. The maximum absolute atomic E-state index is 11.2. The molecule has 1 N–H and O–H groups in total. The summed E-state index contributed by atoms with van der Waals surface area (Å²) in [6.45, 7) is 13.8. The normalized spacial score (nSPS) is 15.1. The summed E-state index contributed by atoms with van der Waals surface area (Å²) in [6.07, 6.45) is 2.13. The number of carboxylic acids is 1. The number of carbonyl (C=O) groups is 1. The van der Waals surface area contributed by atoms with E-state index in [4.69, 9.17) is 4.74 Å². The van der Waals surface area contributed by atoms with Crippen LogP contribution in [0.3, 0.4) is 0 Å². The first kappa shape index (κ1) is 22.2. The SMILES string of the molecule is CCC(C)CCOC(C)(c1ccc(C(=O)O)cc1)c1ccc(C(C)(C)C)cc1. The van der Waals surface area contributed by atoms with Gasteiger partial charge in [-0.05, 0) is 53.5 Å². The van der Waals surface area contributed by atoms with Crippen LogP contribution in [0.25, 0.3) is 0 Å². The van der Waals surface area contributed by atoms with Gasteiger partial charge in [0.2, 0.25) is 0 Å². The van der Waals surface area contributed by atoms with E-state index in [1.54, 1.807) is 12.1 Å². The van der Waals surface area contributed by atoms with Crippen LogP contribution in [0, 0.1) is 5.92 Å². The molecule has 0 bridgehead atoms. The topological polar surface area (TPSA) is 46.5 Å². The third-order valence-corrected chi connectivity index (χ3v) is 5.68. The van der Waals surface area contributed by atoms with Gasteiger partial charge in [-0.3, -0.25) is 0 Å². The van der Waals surface area contributed by atoms with Crippen LogP contribution in [0.4, 0.5) is 0 Å². The van der Waals surface area contributed by atoms with Crippen LogP contribution in [-0.2, 0) is 15.8 Å². The van der Waals surface area contributed by atoms with E-state index in [0.29, 0.717) is 12.5 Å². The van der Waals surface area contributed by atoms with Crippen molar-refractivity contribution in [3.63, 3.8) is 0 Å². The van der Waals surface area contributed by atoms with Crippen LogP contribution in [-0.4, -0.2) is 17.7 Å². The number of benzene rings is 2. The Hall–Kier alpha value is -2.13. The molecular formula is C25H34O3. The standard InChI is InChI=1S/C25H34O3/c1-7-18(2)16-17-28-25(6,21-10-8-19(9-11-21)23(26)27)22-14-12-20(13-15-22)24(3,4)5/h8-15,18H,7,16-17H2,1-6H3,(H,26,27). The minimum atomic E-state index is -0.916. The highest BCUT2D eigenvalue weighted by molar-refractivity contribution is 5.87. The summed E-state index contributed by atoms with van der Waals surface area (Å²) >= 11 is 0. The second-order valence-corrected chi connectivity index (χ2v) is 8.89. The van der Waals surface area contributed by atoms with Gasteiger partial charge in [-0.15, -0.1) is 0 Å². The first-order valence-electron chi connectivity index (χ1n) is 10.2. The first-order chi connectivity index (χ1) is 13.1. The van der Waals surface area contributed by atoms with Crippen molar-refractivity contribution in [1.29, 1.82) is 0 Å². The second-order valence-electron chi connectivity index (χ2n) is 8.89. The molecule has 0 amide bonds. The van der Waals surface area contributed by atoms with Crippen molar-refractivity contribution in [2.45, 2.75) is 65.4 Å². The summed E-state index contributed by atoms with van der Waals surface area (Å²) in [5.41, 5.74) is 3.07. The van der Waals surface area contributed by atoms with Crippen LogP contribution in [0.2, 0.25) is 0 Å². The van der Waals surface area contributed by atoms with Gasteiger partial charge in [-0.25, -0.2) is 4.79 Å². The molecule has 0 fully saturated rings. The predicted octanol–water partition coefficient (Wildman–Crippen LogP) is 6.40. The number of aromatic carboxylic acids is 1. The van der Waals surface area contributed by atoms with E-state index >= 15 is 0 Å². The predicted molar refractivity (Wildman–Crippen MR) is 115 cm³/mol. The number of carboxylic acid groups (broad SMARTS) is 1. The van der Waals surface area contributed by atoms with Crippen molar-refractivity contribution in [2.75, 3.05) is 6.61 Å². The quantitative estimate of drug-likeness (QED) is 0.575. The van der Waals surface area contributed by atoms with E-state index in [1.807, 2.05) is 12.1 Å². The fraction of sp³-hybridized carbons (Fsp3) is 0.480. The minimum Gasteiger partial charge on any atom is -0.478 e. The zero-order valence-corrected chi connectivity index (χ0v) is 18.1. The molecular weight excluding hydrogens is 348 g/mol. The molecule has 28 heavy (non-hydrogen) atoms. The van der Waals surface area contributed by atoms with Gasteiger partial charge in [0.1, 0.15) is 5.60 Å². The summed E-state index contributed by atoms with van der Waals surface area (Å²) in [5.74, 6) is -0.303. The molecule has 2 rings (SSSR count). The molecule has 0 saturated heterocycles. The number of hydrogen-bond donors (Lipinski definition) is 1. The minimum absolute atomic E-state index is 0.0927. The summed E-state index contributed by atoms with van der Waals surface area (Å²) in [7, 11) is 0. The maximum Gasteiger partial charge on any atom is 0.335 e. The third-order valence-electron chi connectivity index (χ3n) is 5.68. The molecule has 0 saturated carbocycles. The summed E-state index contributed by atoms with van der Waals surface area (Å²) in [6, 6.07) is 15.6. The van der Waals surface area contributed by atoms with Crippen LogP contribution >= 0.6 is 0 Å². The molecule has 2 unspecified atom stereocenters. The van der Waals surface area contributed by atoms with Crippen molar-refractivity contribution in [2.24, 2.45) is 5.92 Å². The maximum atomic E-state index is 11.2. The molecule has 0 aromatic heterocycles. The first-order valence-corrected chi connectivity index (χ1v) is 10.2. The molecule has 0 aliphatic heterocycles. The van der Waals surface area contributed by atoms with E-state index in [0.717, 1.165) is 24.0 Å². The Morgan fingerprint density at radius 2 is 1.39 bits per heavy atom. The van der Waals surface area contributed by atoms with Gasteiger partial charge in [-0.1, -0.05) is 77.4 Å². The highest BCUT2D eigenvalue weighted by Crippen LogP contribution is 2.35. The molecule has 3 nitrogen and oxygen atoms in total. The second kappa shape index (κ2) is 8.91. The zero-order chi connectivity index (χ0) is 20.9. The van der Waals surface area contributed by atoms with Crippen LogP contribution < -0.4 is 0 Å². The Kier molecular flexibility index (Phi) is 7.06. The van der Waals surface area contributed by atoms with E-state index in [1.165, 1.54) is 5.56 Å². The van der Waals surface area contributed by atoms with Crippen LogP contribution in [0.15, 0.2) is 48.5 Å². The molecule has 2 aromatic carbocycles. The molecule has 0 aliphatic carbocycles. The smallest absolute Gasteiger partial charge is 0.335 e. The van der Waals surface area contributed by atoms with Gasteiger partial charge in [0, 0.05) is 6.61 Å². The molecule has 0 radical (unpaired) electrons. The molecule has 2 aromatic rings. The monoisotopic (exact) mass is 382 g/mol. The van der Waals surface area contributed by atoms with Crippen LogP contribution in [0.1, 0.15) is 81.4 Å². The fourth-order valence-electron chi connectivity index (χ4n) is 3.22. The summed E-state index contributed by atoms with van der Waals surface area (Å²) in [5, 5.41) is 9.20. The average molecular weight is 383 g/mol. The Morgan fingerprint density at radius 1 is 0.929 bits per heavy atom. The Labute approximate surface area is 169 Å². The van der Waals surface area contributed by atoms with E-state index < -0.39 is 11.6 Å². The lowest BCUT2D eigenvalue weighted by Gasteiger charge is -2.32. The Morgan fingerprint density at radius 3 is 1.82 bits per heavy atom. The van der Waals surface area contributed by atoms with Crippen molar-refractivity contribution in [1.82, 2.24) is 0 Å². The van der Waals surface area contributed by atoms with Gasteiger partial charge in [0.25, 0.3) is 0 Å². The lowest BCUT2D eigenvalue weighted by molar-refractivity contribution is -0.0101. The number of ether oxygens (including phenoxy) is 1. The zero-order valence-electron chi connectivity index (χ0n) is 18.1. The van der Waals surface area contributed by atoms with Gasteiger partial charge in [0.15, 0.2) is 0 Å². The van der Waals surface area contributed by atoms with Gasteiger partial charge >= 0.3 is 5.97 Å². The van der Waals surface area contributed by atoms with Crippen molar-refractivity contribution < 1.29 is 14.6 Å². The van der Waals surface area contributed by atoms with Gasteiger partial charge in [-0.2, -0.15) is 0 Å². The van der Waals surface area contributed by atoms with Crippen LogP contribution in [0.5, 0.6) is 0 Å². The average Bonchev–Trinajstić information content (AvgIpc) is 2.67. The van der Waals surface area contributed by atoms with Gasteiger partial charge < -0.3 is 9.84 Å². The number of hydrogen-bond acceptors (Lipinski definition) is 2. The molecule has 152 valence electrons. The summed E-state index contributed by atoms with van der Waals surface area (Å²) in [4.78, 5) is 11.2. The number of rotatable bonds is 8. The third kappa shape index (κ3) is 5.23. The highest BCUT2D eigenvalue weighted by atomic mass is 16.5. The fourth-order valence-corrected chi connectivity index (χ4v) is 3.22.